The van der Waals surface area contributed by atoms with E-state index in [-0.39, 0.29) is 35.6 Å². The standard InChI is InChI=1S/C16H20FN5O2/c1-9(2)5-12-10(6-18)15(17)13-7-19-16(21-22(12)13)20-11-3-4-24-8-14(11)23/h7,9,11,14,23H,3-5,8H2,1-2H3,(H,20,21)/t11-,14-/m1/s1. The zero-order valence-corrected chi connectivity index (χ0v) is 13.7. The van der Waals surface area contributed by atoms with E-state index in [0.717, 1.165) is 0 Å². The molecular formula is C16H20FN5O2. The van der Waals surface area contributed by atoms with E-state index in [1.165, 1.54) is 10.7 Å². The molecule has 0 radical (unpaired) electrons. The summed E-state index contributed by atoms with van der Waals surface area (Å²) in [6, 6.07) is 1.70. The number of aliphatic hydroxyl groups is 1. The van der Waals surface area contributed by atoms with Crippen LogP contribution in [0.4, 0.5) is 10.3 Å². The average molecular weight is 333 g/mol. The Balaban J connectivity index is 1.98. The van der Waals surface area contributed by atoms with Crippen molar-refractivity contribution < 1.29 is 14.2 Å². The molecule has 0 saturated carbocycles. The maximum absolute atomic E-state index is 14.4. The molecule has 0 aliphatic carbocycles. The fourth-order valence-electron chi connectivity index (χ4n) is 2.88. The van der Waals surface area contributed by atoms with Gasteiger partial charge in [-0.05, 0) is 18.8 Å². The van der Waals surface area contributed by atoms with Crippen LogP contribution in [0.1, 0.15) is 31.5 Å². The number of aromatic nitrogens is 3. The van der Waals surface area contributed by atoms with Crippen LogP contribution in [0.15, 0.2) is 6.20 Å². The number of fused-ring (bicyclic) bond motifs is 1. The van der Waals surface area contributed by atoms with Gasteiger partial charge in [0.1, 0.15) is 17.1 Å². The molecule has 2 atom stereocenters. The predicted molar refractivity (Wildman–Crippen MR) is 85.1 cm³/mol. The van der Waals surface area contributed by atoms with E-state index in [2.05, 4.69) is 15.4 Å². The molecule has 2 aromatic rings. The van der Waals surface area contributed by atoms with Gasteiger partial charge in [-0.1, -0.05) is 13.8 Å². The van der Waals surface area contributed by atoms with Crippen LogP contribution in [0, 0.1) is 23.1 Å². The van der Waals surface area contributed by atoms with Crippen LogP contribution in [0.2, 0.25) is 0 Å². The Hall–Kier alpha value is -2.24. The molecule has 8 heteroatoms. The molecule has 1 aliphatic heterocycles. The molecular weight excluding hydrogens is 313 g/mol. The van der Waals surface area contributed by atoms with Crippen molar-refractivity contribution in [1.82, 2.24) is 14.6 Å². The lowest BCUT2D eigenvalue weighted by molar-refractivity contribution is -0.0136. The summed E-state index contributed by atoms with van der Waals surface area (Å²) >= 11 is 0. The maximum atomic E-state index is 14.4. The molecule has 24 heavy (non-hydrogen) atoms. The Kier molecular flexibility index (Phi) is 4.64. The third-order valence-corrected chi connectivity index (χ3v) is 4.07. The number of anilines is 1. The van der Waals surface area contributed by atoms with Crippen molar-refractivity contribution in [2.24, 2.45) is 5.92 Å². The van der Waals surface area contributed by atoms with Gasteiger partial charge in [-0.2, -0.15) is 5.26 Å². The van der Waals surface area contributed by atoms with Crippen molar-refractivity contribution in [3.05, 3.63) is 23.3 Å². The van der Waals surface area contributed by atoms with Crippen LogP contribution < -0.4 is 5.32 Å². The van der Waals surface area contributed by atoms with E-state index in [0.29, 0.717) is 25.1 Å². The summed E-state index contributed by atoms with van der Waals surface area (Å²) in [5.41, 5.74) is 0.736. The van der Waals surface area contributed by atoms with E-state index in [1.54, 1.807) is 0 Å². The monoisotopic (exact) mass is 333 g/mol. The second-order valence-electron chi connectivity index (χ2n) is 6.41. The van der Waals surface area contributed by atoms with Crippen molar-refractivity contribution >= 4 is 11.5 Å². The second-order valence-corrected chi connectivity index (χ2v) is 6.41. The first-order valence-electron chi connectivity index (χ1n) is 7.99. The topological polar surface area (TPSA) is 95.5 Å². The minimum Gasteiger partial charge on any atom is -0.389 e. The quantitative estimate of drug-likeness (QED) is 0.880. The molecule has 0 amide bonds. The number of hydrogen-bond acceptors (Lipinski definition) is 6. The molecule has 0 aromatic carbocycles. The molecule has 0 unspecified atom stereocenters. The molecule has 2 aromatic heterocycles. The van der Waals surface area contributed by atoms with Gasteiger partial charge >= 0.3 is 0 Å². The zero-order valence-electron chi connectivity index (χ0n) is 13.7. The van der Waals surface area contributed by atoms with Crippen molar-refractivity contribution in [2.45, 2.75) is 38.8 Å². The van der Waals surface area contributed by atoms with Gasteiger partial charge in [0.2, 0.25) is 5.95 Å². The number of rotatable bonds is 4. The molecule has 7 nitrogen and oxygen atoms in total. The lowest BCUT2D eigenvalue weighted by Gasteiger charge is -2.28. The Labute approximate surface area is 139 Å². The second kappa shape index (κ2) is 6.71. The molecule has 1 fully saturated rings. The summed E-state index contributed by atoms with van der Waals surface area (Å²) in [4.78, 5) is 4.12. The van der Waals surface area contributed by atoms with Gasteiger partial charge in [0.25, 0.3) is 0 Å². The lowest BCUT2D eigenvalue weighted by Crippen LogP contribution is -2.42. The Morgan fingerprint density at radius 3 is 3.04 bits per heavy atom. The minimum atomic E-state index is -0.649. The van der Waals surface area contributed by atoms with Gasteiger partial charge in [-0.3, -0.25) is 0 Å². The van der Waals surface area contributed by atoms with Crippen molar-refractivity contribution in [1.29, 1.82) is 5.26 Å². The Morgan fingerprint density at radius 2 is 2.38 bits per heavy atom. The zero-order chi connectivity index (χ0) is 17.3. The van der Waals surface area contributed by atoms with Gasteiger partial charge in [-0.25, -0.2) is 13.9 Å². The van der Waals surface area contributed by atoms with Crippen LogP contribution in [0.5, 0.6) is 0 Å². The van der Waals surface area contributed by atoms with Crippen LogP contribution in [-0.2, 0) is 11.2 Å². The van der Waals surface area contributed by atoms with Crippen LogP contribution in [0.3, 0.4) is 0 Å². The average Bonchev–Trinajstić information content (AvgIpc) is 2.81. The normalized spacial score (nSPS) is 21.2. The third-order valence-electron chi connectivity index (χ3n) is 4.07. The van der Waals surface area contributed by atoms with Gasteiger partial charge < -0.3 is 15.2 Å². The molecule has 0 bridgehead atoms. The molecule has 3 rings (SSSR count). The van der Waals surface area contributed by atoms with Gasteiger partial charge in [-0.15, -0.1) is 5.10 Å². The number of ether oxygens (including phenoxy) is 1. The fourth-order valence-corrected chi connectivity index (χ4v) is 2.88. The van der Waals surface area contributed by atoms with Gasteiger partial charge in [0.15, 0.2) is 5.82 Å². The Bertz CT molecular complexity index is 783. The molecule has 0 spiro atoms. The van der Waals surface area contributed by atoms with Gasteiger partial charge in [0.05, 0.1) is 30.6 Å². The highest BCUT2D eigenvalue weighted by molar-refractivity contribution is 5.57. The molecule has 1 aliphatic rings. The highest BCUT2D eigenvalue weighted by Gasteiger charge is 2.25. The number of hydrogen-bond donors (Lipinski definition) is 2. The summed E-state index contributed by atoms with van der Waals surface area (Å²) in [6.45, 7) is 4.80. The van der Waals surface area contributed by atoms with E-state index >= 15 is 0 Å². The number of nitrogens with one attached hydrogen (secondary N) is 1. The van der Waals surface area contributed by atoms with E-state index in [4.69, 9.17) is 4.74 Å². The summed E-state index contributed by atoms with van der Waals surface area (Å²) < 4.78 is 21.0. The number of halogens is 1. The van der Waals surface area contributed by atoms with Crippen molar-refractivity contribution in [3.8, 4) is 6.07 Å². The number of aliphatic hydroxyl groups excluding tert-OH is 1. The summed E-state index contributed by atoms with van der Waals surface area (Å²) in [6.07, 6.45) is 1.88. The van der Waals surface area contributed by atoms with Crippen molar-refractivity contribution in [2.75, 3.05) is 18.5 Å². The first-order chi connectivity index (χ1) is 11.5. The summed E-state index contributed by atoms with van der Waals surface area (Å²) in [5.74, 6) is -0.0537. The molecule has 3 heterocycles. The van der Waals surface area contributed by atoms with Crippen LogP contribution in [0.25, 0.3) is 5.52 Å². The highest BCUT2D eigenvalue weighted by atomic mass is 19.1. The lowest BCUT2D eigenvalue weighted by atomic mass is 10.1. The predicted octanol–water partition coefficient (Wildman–Crippen LogP) is 1.50. The summed E-state index contributed by atoms with van der Waals surface area (Å²) in [5, 5.41) is 26.6. The minimum absolute atomic E-state index is 0.0150. The van der Waals surface area contributed by atoms with E-state index < -0.39 is 11.9 Å². The number of nitriles is 1. The first kappa shape index (κ1) is 16.6. The van der Waals surface area contributed by atoms with Gasteiger partial charge in [0, 0.05) is 6.61 Å². The van der Waals surface area contributed by atoms with E-state index in [9.17, 15) is 14.8 Å². The van der Waals surface area contributed by atoms with E-state index in [1.807, 2.05) is 19.9 Å². The fraction of sp³-hybridized carbons (Fsp3) is 0.562. The summed E-state index contributed by atoms with van der Waals surface area (Å²) in [7, 11) is 0. The highest BCUT2D eigenvalue weighted by Crippen LogP contribution is 2.23. The van der Waals surface area contributed by atoms with Crippen LogP contribution in [-0.4, -0.2) is 45.1 Å². The van der Waals surface area contributed by atoms with Crippen LogP contribution >= 0.6 is 0 Å². The smallest absolute Gasteiger partial charge is 0.241 e. The number of nitrogens with zero attached hydrogens (tertiary/aromatic N) is 4. The first-order valence-corrected chi connectivity index (χ1v) is 7.99. The molecule has 128 valence electrons. The van der Waals surface area contributed by atoms with Crippen molar-refractivity contribution in [3.63, 3.8) is 0 Å². The Morgan fingerprint density at radius 1 is 1.58 bits per heavy atom. The maximum Gasteiger partial charge on any atom is 0.241 e. The third kappa shape index (κ3) is 3.05. The SMILES string of the molecule is CC(C)Cc1c(C#N)c(F)c2cnc(N[C@@H]3CCOC[C@H]3O)nn12. The largest absolute Gasteiger partial charge is 0.389 e. The molecule has 1 saturated heterocycles. The molecule has 2 N–H and O–H groups in total.